The second-order valence-electron chi connectivity index (χ2n) is 5.68. The van der Waals surface area contributed by atoms with Crippen LogP contribution < -0.4 is 16.2 Å². The molecule has 0 spiro atoms. The van der Waals surface area contributed by atoms with Gasteiger partial charge in [-0.2, -0.15) is 4.98 Å². The highest BCUT2D eigenvalue weighted by Gasteiger charge is 2.13. The first-order chi connectivity index (χ1) is 9.84. The number of nitrogens with zero attached hydrogens (tertiary/aromatic N) is 2. The van der Waals surface area contributed by atoms with E-state index in [1.54, 1.807) is 6.92 Å². The number of aromatic nitrogens is 2. The van der Waals surface area contributed by atoms with E-state index in [0.29, 0.717) is 11.5 Å². The maximum Gasteiger partial charge on any atom is 0.340 e. The van der Waals surface area contributed by atoms with Gasteiger partial charge in [0.2, 0.25) is 0 Å². The predicted octanol–water partition coefficient (Wildman–Crippen LogP) is 2.82. The normalized spacial score (nSPS) is 11.0. The van der Waals surface area contributed by atoms with Gasteiger partial charge in [-0.25, -0.2) is 15.6 Å². The maximum absolute atomic E-state index is 11.7. The highest BCUT2D eigenvalue weighted by Crippen LogP contribution is 2.23. The molecular weight excluding hydrogens is 270 g/mol. The highest BCUT2D eigenvalue weighted by atomic mass is 16.5. The summed E-state index contributed by atoms with van der Waals surface area (Å²) in [5.74, 6) is 0.484. The van der Waals surface area contributed by atoms with Gasteiger partial charge in [-0.15, -0.1) is 0 Å². The van der Waals surface area contributed by atoms with Gasteiger partial charge in [0, 0.05) is 5.69 Å². The van der Waals surface area contributed by atoms with Crippen molar-refractivity contribution in [2.45, 2.75) is 33.1 Å². The lowest BCUT2D eigenvalue weighted by Gasteiger charge is -2.19. The Morgan fingerprint density at radius 1 is 1.19 bits per heavy atom. The Morgan fingerprint density at radius 3 is 2.38 bits per heavy atom. The number of hydrogen-bond acceptors (Lipinski definition) is 5. The predicted molar refractivity (Wildman–Crippen MR) is 80.0 cm³/mol. The number of anilines is 2. The Hall–Kier alpha value is -2.57. The summed E-state index contributed by atoms with van der Waals surface area (Å²) in [5.41, 5.74) is 6.91. The number of hydrazine groups is 1. The molecule has 0 aliphatic rings. The number of amides is 2. The summed E-state index contributed by atoms with van der Waals surface area (Å²) in [6, 6.07) is 7.41. The van der Waals surface area contributed by atoms with Crippen molar-refractivity contribution in [3.63, 3.8) is 0 Å². The molecule has 7 heteroatoms. The van der Waals surface area contributed by atoms with Crippen molar-refractivity contribution in [1.29, 1.82) is 0 Å². The van der Waals surface area contributed by atoms with Gasteiger partial charge in [-0.05, 0) is 30.0 Å². The molecule has 0 aliphatic heterocycles. The number of hydrogen-bond donors (Lipinski definition) is 3. The van der Waals surface area contributed by atoms with Crippen molar-refractivity contribution < 1.29 is 9.32 Å². The van der Waals surface area contributed by atoms with E-state index < -0.39 is 6.03 Å². The number of nitrogens with one attached hydrogen (secondary N) is 3. The van der Waals surface area contributed by atoms with Crippen molar-refractivity contribution in [3.8, 4) is 0 Å². The summed E-state index contributed by atoms with van der Waals surface area (Å²) in [7, 11) is 0. The average Bonchev–Trinajstić information content (AvgIpc) is 2.82. The van der Waals surface area contributed by atoms with Crippen LogP contribution in [-0.4, -0.2) is 16.2 Å². The van der Waals surface area contributed by atoms with Crippen LogP contribution in [0, 0.1) is 6.92 Å². The fraction of sp³-hybridized carbons (Fsp3) is 0.357. The van der Waals surface area contributed by atoms with E-state index in [1.807, 2.05) is 24.3 Å². The van der Waals surface area contributed by atoms with Gasteiger partial charge in [0.15, 0.2) is 5.82 Å². The minimum atomic E-state index is -0.422. The van der Waals surface area contributed by atoms with Crippen LogP contribution in [0.1, 0.15) is 32.2 Å². The molecule has 21 heavy (non-hydrogen) atoms. The SMILES string of the molecule is Cc1noc(NNC(=O)Nc2ccc(C(C)(C)C)cc2)n1. The molecule has 2 aromatic rings. The number of benzene rings is 1. The van der Waals surface area contributed by atoms with Gasteiger partial charge >= 0.3 is 12.0 Å². The topological polar surface area (TPSA) is 92.1 Å². The fourth-order valence-corrected chi connectivity index (χ4v) is 1.67. The summed E-state index contributed by atoms with van der Waals surface area (Å²) < 4.78 is 4.80. The molecule has 0 saturated heterocycles. The Balaban J connectivity index is 1.88. The second kappa shape index (κ2) is 5.82. The molecule has 0 fully saturated rings. The van der Waals surface area contributed by atoms with Crippen LogP contribution in [0.5, 0.6) is 0 Å². The van der Waals surface area contributed by atoms with Crippen molar-refractivity contribution in [3.05, 3.63) is 35.7 Å². The lowest BCUT2D eigenvalue weighted by atomic mass is 9.87. The zero-order valence-electron chi connectivity index (χ0n) is 12.5. The minimum absolute atomic E-state index is 0.0815. The number of urea groups is 1. The van der Waals surface area contributed by atoms with Gasteiger partial charge in [0.1, 0.15) is 0 Å². The Bertz CT molecular complexity index is 613. The minimum Gasteiger partial charge on any atom is -0.314 e. The van der Waals surface area contributed by atoms with Crippen LogP contribution >= 0.6 is 0 Å². The van der Waals surface area contributed by atoms with E-state index in [4.69, 9.17) is 4.52 Å². The molecule has 0 atom stereocenters. The van der Waals surface area contributed by atoms with Crippen LogP contribution in [-0.2, 0) is 5.41 Å². The summed E-state index contributed by atoms with van der Waals surface area (Å²) in [5, 5.41) is 6.29. The van der Waals surface area contributed by atoms with Gasteiger partial charge < -0.3 is 9.84 Å². The third-order valence-electron chi connectivity index (χ3n) is 2.82. The Labute approximate surface area is 123 Å². The maximum atomic E-state index is 11.7. The van der Waals surface area contributed by atoms with Crippen molar-refractivity contribution in [2.75, 3.05) is 10.7 Å². The monoisotopic (exact) mass is 289 g/mol. The Morgan fingerprint density at radius 2 is 1.86 bits per heavy atom. The summed E-state index contributed by atoms with van der Waals surface area (Å²) in [4.78, 5) is 15.6. The molecule has 2 amide bonds. The molecule has 1 aromatic heterocycles. The standard InChI is InChI=1S/C14H19N5O2/c1-9-15-13(21-19-9)18-17-12(20)16-11-7-5-10(6-8-11)14(2,3)4/h5-8H,1-4H3,(H,15,18,19)(H2,16,17,20). The van der Waals surface area contributed by atoms with E-state index in [2.05, 4.69) is 47.1 Å². The first-order valence-electron chi connectivity index (χ1n) is 6.58. The summed E-state index contributed by atoms with van der Waals surface area (Å²) >= 11 is 0. The molecule has 0 bridgehead atoms. The molecule has 0 radical (unpaired) electrons. The van der Waals surface area contributed by atoms with E-state index >= 15 is 0 Å². The molecule has 1 heterocycles. The number of rotatable bonds is 3. The van der Waals surface area contributed by atoms with Crippen LogP contribution in [0.2, 0.25) is 0 Å². The largest absolute Gasteiger partial charge is 0.340 e. The first kappa shape index (κ1) is 14.8. The third kappa shape index (κ3) is 4.20. The number of carbonyl (C=O) groups excluding carboxylic acids is 1. The second-order valence-corrected chi connectivity index (χ2v) is 5.68. The number of carbonyl (C=O) groups is 1. The van der Waals surface area contributed by atoms with E-state index in [1.165, 1.54) is 5.56 Å². The van der Waals surface area contributed by atoms with Gasteiger partial charge in [-0.1, -0.05) is 38.1 Å². The van der Waals surface area contributed by atoms with Crippen molar-refractivity contribution in [1.82, 2.24) is 15.6 Å². The van der Waals surface area contributed by atoms with Gasteiger partial charge in [0.25, 0.3) is 0 Å². The van der Waals surface area contributed by atoms with E-state index in [9.17, 15) is 4.79 Å². The van der Waals surface area contributed by atoms with Crippen LogP contribution in [0.15, 0.2) is 28.8 Å². The molecule has 0 unspecified atom stereocenters. The lowest BCUT2D eigenvalue weighted by molar-refractivity contribution is 0.253. The fourth-order valence-electron chi connectivity index (χ4n) is 1.67. The molecule has 0 saturated carbocycles. The zero-order chi connectivity index (χ0) is 15.5. The van der Waals surface area contributed by atoms with Crippen molar-refractivity contribution >= 4 is 17.7 Å². The molecular formula is C14H19N5O2. The van der Waals surface area contributed by atoms with E-state index in [0.717, 1.165) is 0 Å². The van der Waals surface area contributed by atoms with Crippen LogP contribution in [0.25, 0.3) is 0 Å². The van der Waals surface area contributed by atoms with Gasteiger partial charge in [0.05, 0.1) is 0 Å². The molecule has 112 valence electrons. The molecule has 2 rings (SSSR count). The highest BCUT2D eigenvalue weighted by molar-refractivity contribution is 5.89. The number of aryl methyl sites for hydroxylation is 1. The molecule has 1 aromatic carbocycles. The summed E-state index contributed by atoms with van der Waals surface area (Å²) in [6.45, 7) is 8.10. The smallest absolute Gasteiger partial charge is 0.314 e. The van der Waals surface area contributed by atoms with E-state index in [-0.39, 0.29) is 11.4 Å². The molecule has 7 nitrogen and oxygen atoms in total. The zero-order valence-corrected chi connectivity index (χ0v) is 12.5. The Kier molecular flexibility index (Phi) is 4.11. The third-order valence-corrected chi connectivity index (χ3v) is 2.82. The van der Waals surface area contributed by atoms with Crippen LogP contribution in [0.4, 0.5) is 16.5 Å². The quantitative estimate of drug-likeness (QED) is 0.756. The van der Waals surface area contributed by atoms with Crippen LogP contribution in [0.3, 0.4) is 0 Å². The summed E-state index contributed by atoms with van der Waals surface area (Å²) in [6.07, 6.45) is 0. The van der Waals surface area contributed by atoms with Crippen molar-refractivity contribution in [2.24, 2.45) is 0 Å². The molecule has 0 aliphatic carbocycles. The molecule has 3 N–H and O–H groups in total. The average molecular weight is 289 g/mol. The lowest BCUT2D eigenvalue weighted by Crippen LogP contribution is -2.33. The first-order valence-corrected chi connectivity index (χ1v) is 6.58. The van der Waals surface area contributed by atoms with Gasteiger partial charge in [-0.3, -0.25) is 0 Å².